The molecule has 1 unspecified atom stereocenters. The maximum absolute atomic E-state index is 11.2. The zero-order valence-corrected chi connectivity index (χ0v) is 9.26. The second-order valence-corrected chi connectivity index (χ2v) is 3.71. The molecule has 0 spiro atoms. The Hall–Kier alpha value is -0.670. The molecule has 0 heterocycles. The van der Waals surface area contributed by atoms with Crippen molar-refractivity contribution in [3.63, 3.8) is 0 Å². The Labute approximate surface area is 86.5 Å². The van der Waals surface area contributed by atoms with Crippen LogP contribution in [0.4, 0.5) is 0 Å². The van der Waals surface area contributed by atoms with Crippen LogP contribution in [-0.4, -0.2) is 12.8 Å². The molecule has 1 rings (SSSR count). The van der Waals surface area contributed by atoms with Gasteiger partial charge in [0.25, 0.3) is 0 Å². The molecule has 0 saturated heterocycles. The Bertz CT molecular complexity index is 312. The van der Waals surface area contributed by atoms with Gasteiger partial charge in [-0.25, -0.2) is 0 Å². The number of ketones is 1. The summed E-state index contributed by atoms with van der Waals surface area (Å²) in [4.78, 5) is 11.2. The van der Waals surface area contributed by atoms with E-state index in [0.29, 0.717) is 0 Å². The van der Waals surface area contributed by atoms with Crippen molar-refractivity contribution in [2.45, 2.75) is 13.0 Å². The number of halogens is 1. The first kappa shape index (κ1) is 10.4. The van der Waals surface area contributed by atoms with Crippen LogP contribution in [0.3, 0.4) is 0 Å². The van der Waals surface area contributed by atoms with Crippen molar-refractivity contribution >= 4 is 21.7 Å². The largest absolute Gasteiger partial charge is 0.307 e. The molecule has 3 heteroatoms. The maximum atomic E-state index is 11.2. The van der Waals surface area contributed by atoms with E-state index in [-0.39, 0.29) is 11.8 Å². The molecule has 2 nitrogen and oxygen atoms in total. The number of hydrogen-bond donors (Lipinski definition) is 1. The van der Waals surface area contributed by atoms with E-state index in [1.54, 1.807) is 14.0 Å². The van der Waals surface area contributed by atoms with Crippen molar-refractivity contribution in [1.29, 1.82) is 0 Å². The Morgan fingerprint density at radius 2 is 2.08 bits per heavy atom. The van der Waals surface area contributed by atoms with E-state index in [2.05, 4.69) is 21.2 Å². The molecule has 1 aromatic carbocycles. The first-order valence-corrected chi connectivity index (χ1v) is 4.88. The Morgan fingerprint density at radius 1 is 1.46 bits per heavy atom. The first-order chi connectivity index (χ1) is 6.16. The number of carbonyl (C=O) groups is 1. The first-order valence-electron chi connectivity index (χ1n) is 4.09. The van der Waals surface area contributed by atoms with E-state index < -0.39 is 0 Å². The van der Waals surface area contributed by atoms with Gasteiger partial charge in [-0.2, -0.15) is 0 Å². The summed E-state index contributed by atoms with van der Waals surface area (Å²) in [5.74, 6) is 0.120. The second-order valence-electron chi connectivity index (χ2n) is 2.85. The minimum atomic E-state index is -0.212. The van der Waals surface area contributed by atoms with Gasteiger partial charge in [-0.15, -0.1) is 0 Å². The average Bonchev–Trinajstić information content (AvgIpc) is 2.09. The van der Waals surface area contributed by atoms with Gasteiger partial charge in [0.15, 0.2) is 5.78 Å². The van der Waals surface area contributed by atoms with Crippen LogP contribution in [0.15, 0.2) is 28.7 Å². The molecule has 0 aliphatic carbocycles. The fourth-order valence-corrected chi connectivity index (χ4v) is 1.80. The Balaban J connectivity index is 3.04. The van der Waals surface area contributed by atoms with Gasteiger partial charge >= 0.3 is 0 Å². The Morgan fingerprint density at radius 3 is 2.54 bits per heavy atom. The van der Waals surface area contributed by atoms with Gasteiger partial charge in [-0.1, -0.05) is 34.1 Å². The highest BCUT2D eigenvalue weighted by Gasteiger charge is 2.15. The predicted octanol–water partition coefficient (Wildman–Crippen LogP) is 2.30. The number of nitrogens with one attached hydrogen (secondary N) is 1. The molecule has 1 atom stereocenters. The number of Topliss-reactive ketones (excluding diaryl/α,β-unsaturated/α-hetero) is 1. The smallest absolute Gasteiger partial charge is 0.151 e. The number of carbonyl (C=O) groups excluding carboxylic acids is 1. The predicted molar refractivity (Wildman–Crippen MR) is 56.6 cm³/mol. The molecule has 0 radical (unpaired) electrons. The molecule has 0 saturated carbocycles. The van der Waals surface area contributed by atoms with Crippen molar-refractivity contribution in [2.24, 2.45) is 0 Å². The van der Waals surface area contributed by atoms with Crippen LogP contribution in [0, 0.1) is 0 Å². The molecule has 0 fully saturated rings. The lowest BCUT2D eigenvalue weighted by atomic mass is 10.0. The SMILES string of the molecule is CNC(C(C)=O)c1ccccc1Br. The van der Waals surface area contributed by atoms with Crippen molar-refractivity contribution in [1.82, 2.24) is 5.32 Å². The van der Waals surface area contributed by atoms with Gasteiger partial charge in [0, 0.05) is 4.47 Å². The van der Waals surface area contributed by atoms with Crippen molar-refractivity contribution in [2.75, 3.05) is 7.05 Å². The van der Waals surface area contributed by atoms with E-state index in [0.717, 1.165) is 10.0 Å². The molecular weight excluding hydrogens is 230 g/mol. The van der Waals surface area contributed by atoms with Crippen LogP contribution in [0.2, 0.25) is 0 Å². The number of hydrogen-bond acceptors (Lipinski definition) is 2. The summed E-state index contributed by atoms with van der Waals surface area (Å²) >= 11 is 3.41. The van der Waals surface area contributed by atoms with Crippen LogP contribution in [-0.2, 0) is 4.79 Å². The number of likely N-dealkylation sites (N-methyl/N-ethyl adjacent to an activating group) is 1. The van der Waals surface area contributed by atoms with Crippen molar-refractivity contribution < 1.29 is 4.79 Å². The minimum Gasteiger partial charge on any atom is -0.307 e. The molecule has 0 bridgehead atoms. The zero-order chi connectivity index (χ0) is 9.84. The normalized spacial score (nSPS) is 12.5. The highest BCUT2D eigenvalue weighted by Crippen LogP contribution is 2.23. The number of rotatable bonds is 3. The van der Waals surface area contributed by atoms with E-state index in [4.69, 9.17) is 0 Å². The summed E-state index contributed by atoms with van der Waals surface area (Å²) in [5.41, 5.74) is 0.984. The molecule has 13 heavy (non-hydrogen) atoms. The monoisotopic (exact) mass is 241 g/mol. The lowest BCUT2D eigenvalue weighted by Crippen LogP contribution is -2.23. The summed E-state index contributed by atoms with van der Waals surface area (Å²) in [6.45, 7) is 1.58. The van der Waals surface area contributed by atoms with E-state index >= 15 is 0 Å². The molecule has 0 aromatic heterocycles. The molecule has 0 aliphatic rings. The highest BCUT2D eigenvalue weighted by molar-refractivity contribution is 9.10. The summed E-state index contributed by atoms with van der Waals surface area (Å²) in [7, 11) is 1.78. The lowest BCUT2D eigenvalue weighted by molar-refractivity contribution is -0.119. The van der Waals surface area contributed by atoms with Crippen LogP contribution in [0.1, 0.15) is 18.5 Å². The fourth-order valence-electron chi connectivity index (χ4n) is 1.29. The summed E-state index contributed by atoms with van der Waals surface area (Å²) in [6, 6.07) is 7.51. The summed E-state index contributed by atoms with van der Waals surface area (Å²) in [5, 5.41) is 2.98. The molecule has 1 aromatic rings. The third kappa shape index (κ3) is 2.39. The average molecular weight is 242 g/mol. The standard InChI is InChI=1S/C10H12BrNO/c1-7(13)10(12-2)8-5-3-4-6-9(8)11/h3-6,10,12H,1-2H3. The van der Waals surface area contributed by atoms with E-state index in [1.165, 1.54) is 0 Å². The van der Waals surface area contributed by atoms with Gasteiger partial charge in [0.05, 0.1) is 6.04 Å². The summed E-state index contributed by atoms with van der Waals surface area (Å²) < 4.78 is 0.963. The van der Waals surface area contributed by atoms with Crippen LogP contribution in [0.25, 0.3) is 0 Å². The van der Waals surface area contributed by atoms with Crippen LogP contribution in [0.5, 0.6) is 0 Å². The molecule has 0 amide bonds. The quantitative estimate of drug-likeness (QED) is 0.881. The number of benzene rings is 1. The van der Waals surface area contributed by atoms with Crippen LogP contribution < -0.4 is 5.32 Å². The lowest BCUT2D eigenvalue weighted by Gasteiger charge is -2.14. The second kappa shape index (κ2) is 4.53. The summed E-state index contributed by atoms with van der Waals surface area (Å²) in [6.07, 6.45) is 0. The van der Waals surface area contributed by atoms with Crippen molar-refractivity contribution in [3.8, 4) is 0 Å². The third-order valence-corrected chi connectivity index (χ3v) is 2.63. The van der Waals surface area contributed by atoms with Gasteiger partial charge in [0.1, 0.15) is 0 Å². The maximum Gasteiger partial charge on any atom is 0.151 e. The minimum absolute atomic E-state index is 0.120. The molecule has 0 aliphatic heterocycles. The molecular formula is C10H12BrNO. The van der Waals surface area contributed by atoms with Gasteiger partial charge in [0.2, 0.25) is 0 Å². The fraction of sp³-hybridized carbons (Fsp3) is 0.300. The molecule has 70 valence electrons. The highest BCUT2D eigenvalue weighted by atomic mass is 79.9. The van der Waals surface area contributed by atoms with Gasteiger partial charge in [-0.05, 0) is 25.6 Å². The van der Waals surface area contributed by atoms with Crippen molar-refractivity contribution in [3.05, 3.63) is 34.3 Å². The van der Waals surface area contributed by atoms with Crippen LogP contribution >= 0.6 is 15.9 Å². The third-order valence-electron chi connectivity index (χ3n) is 1.91. The Kier molecular flexibility index (Phi) is 3.63. The zero-order valence-electron chi connectivity index (χ0n) is 7.67. The molecule has 1 N–H and O–H groups in total. The van der Waals surface area contributed by atoms with Gasteiger partial charge in [-0.3, -0.25) is 4.79 Å². The van der Waals surface area contributed by atoms with E-state index in [9.17, 15) is 4.79 Å². The topological polar surface area (TPSA) is 29.1 Å². The van der Waals surface area contributed by atoms with E-state index in [1.807, 2.05) is 24.3 Å². The van der Waals surface area contributed by atoms with Gasteiger partial charge < -0.3 is 5.32 Å².